The molecule has 2 aromatic heterocycles. The third-order valence-electron chi connectivity index (χ3n) is 1.87. The summed E-state index contributed by atoms with van der Waals surface area (Å²) in [6.45, 7) is 1.90. The summed E-state index contributed by atoms with van der Waals surface area (Å²) in [4.78, 5) is 4.35. The summed E-state index contributed by atoms with van der Waals surface area (Å²) < 4.78 is 1.72. The summed E-state index contributed by atoms with van der Waals surface area (Å²) >= 11 is 4.45. The Balaban J connectivity index is 2.29. The molecule has 0 fully saturated rings. The molecule has 0 unspecified atom stereocenters. The Bertz CT molecular complexity index is 573. The molecule has 7 heteroatoms. The Morgan fingerprint density at radius 2 is 2.06 bits per heavy atom. The summed E-state index contributed by atoms with van der Waals surface area (Å²) in [6.07, 6.45) is 1.96. The number of hydrogen-bond acceptors (Lipinski definition) is 7. The molecule has 0 radical (unpaired) electrons. The van der Waals surface area contributed by atoms with Crippen molar-refractivity contribution in [1.29, 1.82) is 5.26 Å². The molecule has 17 heavy (non-hydrogen) atoms. The molecule has 4 nitrogen and oxygen atoms in total. The zero-order valence-corrected chi connectivity index (χ0v) is 11.6. The van der Waals surface area contributed by atoms with Gasteiger partial charge in [-0.15, -0.1) is 10.2 Å². The first kappa shape index (κ1) is 12.4. The number of aromatic nitrogens is 3. The smallest absolute Gasteiger partial charge is 0.181 e. The third kappa shape index (κ3) is 2.97. The predicted molar refractivity (Wildman–Crippen MR) is 69.5 cm³/mol. The number of thioether (sulfide) groups is 1. The van der Waals surface area contributed by atoms with Crippen molar-refractivity contribution >= 4 is 34.9 Å². The minimum Gasteiger partial charge on any atom is -0.245 e. The maximum absolute atomic E-state index is 9.00. The SMILES string of the molecule is CSc1nnc(Sc2nc(C)ccc2C#N)s1. The van der Waals surface area contributed by atoms with Gasteiger partial charge in [0.2, 0.25) is 0 Å². The van der Waals surface area contributed by atoms with E-state index < -0.39 is 0 Å². The quantitative estimate of drug-likeness (QED) is 0.805. The van der Waals surface area contributed by atoms with Crippen molar-refractivity contribution in [3.63, 3.8) is 0 Å². The first-order valence-electron chi connectivity index (χ1n) is 4.66. The molecular formula is C10H8N4S3. The van der Waals surface area contributed by atoms with Gasteiger partial charge < -0.3 is 0 Å². The van der Waals surface area contributed by atoms with Crippen LogP contribution < -0.4 is 0 Å². The van der Waals surface area contributed by atoms with Gasteiger partial charge in [0.25, 0.3) is 0 Å². The Labute approximate surface area is 111 Å². The Morgan fingerprint density at radius 1 is 1.29 bits per heavy atom. The van der Waals surface area contributed by atoms with Gasteiger partial charge in [-0.1, -0.05) is 23.1 Å². The lowest BCUT2D eigenvalue weighted by atomic mass is 10.3. The van der Waals surface area contributed by atoms with E-state index in [4.69, 9.17) is 5.26 Å². The van der Waals surface area contributed by atoms with Gasteiger partial charge in [-0.2, -0.15) is 5.26 Å². The molecule has 86 valence electrons. The van der Waals surface area contributed by atoms with Crippen LogP contribution in [0.2, 0.25) is 0 Å². The van der Waals surface area contributed by atoms with E-state index in [0.29, 0.717) is 10.6 Å². The molecule has 2 rings (SSSR count). The number of pyridine rings is 1. The topological polar surface area (TPSA) is 62.5 Å². The van der Waals surface area contributed by atoms with E-state index in [1.807, 2.05) is 19.2 Å². The number of nitriles is 1. The fourth-order valence-corrected chi connectivity index (χ4v) is 3.56. The van der Waals surface area contributed by atoms with Crippen LogP contribution in [0.5, 0.6) is 0 Å². The number of nitrogens with zero attached hydrogens (tertiary/aromatic N) is 4. The minimum atomic E-state index is 0.571. The molecule has 2 aromatic rings. The van der Waals surface area contributed by atoms with E-state index >= 15 is 0 Å². The third-order valence-corrected chi connectivity index (χ3v) is 4.82. The normalized spacial score (nSPS) is 10.2. The number of rotatable bonds is 3. The monoisotopic (exact) mass is 280 g/mol. The maximum Gasteiger partial charge on any atom is 0.181 e. The first-order valence-corrected chi connectivity index (χ1v) is 7.52. The molecule has 2 heterocycles. The van der Waals surface area contributed by atoms with E-state index in [1.54, 1.807) is 17.8 Å². The van der Waals surface area contributed by atoms with Gasteiger partial charge in [-0.3, -0.25) is 0 Å². The van der Waals surface area contributed by atoms with Gasteiger partial charge in [0.15, 0.2) is 8.68 Å². The average Bonchev–Trinajstić information content (AvgIpc) is 2.77. The second kappa shape index (κ2) is 5.49. The molecule has 0 aliphatic heterocycles. The summed E-state index contributed by atoms with van der Waals surface area (Å²) in [7, 11) is 0. The van der Waals surface area contributed by atoms with Gasteiger partial charge in [0.05, 0.1) is 5.56 Å². The lowest BCUT2D eigenvalue weighted by molar-refractivity contribution is 0.951. The molecule has 0 aliphatic rings. The first-order chi connectivity index (χ1) is 8.22. The second-order valence-electron chi connectivity index (χ2n) is 3.06. The van der Waals surface area contributed by atoms with Crippen molar-refractivity contribution in [2.24, 2.45) is 0 Å². The molecular weight excluding hydrogens is 272 g/mol. The summed E-state index contributed by atoms with van der Waals surface area (Å²) in [6, 6.07) is 5.74. The highest BCUT2D eigenvalue weighted by Gasteiger charge is 2.10. The van der Waals surface area contributed by atoms with E-state index in [-0.39, 0.29) is 0 Å². The highest BCUT2D eigenvalue weighted by molar-refractivity contribution is 8.03. The summed E-state index contributed by atoms with van der Waals surface area (Å²) in [5, 5.41) is 17.7. The Hall–Kier alpha value is -1.10. The van der Waals surface area contributed by atoms with Crippen LogP contribution in [0.3, 0.4) is 0 Å². The zero-order chi connectivity index (χ0) is 12.3. The van der Waals surface area contributed by atoms with Crippen molar-refractivity contribution in [3.8, 4) is 6.07 Å². The van der Waals surface area contributed by atoms with Crippen molar-refractivity contribution in [3.05, 3.63) is 23.4 Å². The van der Waals surface area contributed by atoms with E-state index in [2.05, 4.69) is 21.3 Å². The van der Waals surface area contributed by atoms with Gasteiger partial charge in [0.1, 0.15) is 11.1 Å². The molecule has 0 saturated carbocycles. The van der Waals surface area contributed by atoms with Crippen molar-refractivity contribution in [2.75, 3.05) is 6.26 Å². The minimum absolute atomic E-state index is 0.571. The zero-order valence-electron chi connectivity index (χ0n) is 9.17. The Morgan fingerprint density at radius 3 is 2.71 bits per heavy atom. The highest BCUT2D eigenvalue weighted by atomic mass is 32.2. The van der Waals surface area contributed by atoms with E-state index in [9.17, 15) is 0 Å². The van der Waals surface area contributed by atoms with Crippen LogP contribution >= 0.6 is 34.9 Å². The van der Waals surface area contributed by atoms with Crippen molar-refractivity contribution in [2.45, 2.75) is 20.6 Å². The fourth-order valence-electron chi connectivity index (χ4n) is 1.10. The molecule has 0 aromatic carbocycles. The van der Waals surface area contributed by atoms with E-state index in [1.165, 1.54) is 23.1 Å². The predicted octanol–water partition coefficient (Wildman–Crippen LogP) is 2.99. The van der Waals surface area contributed by atoms with Crippen LogP contribution in [-0.4, -0.2) is 21.4 Å². The van der Waals surface area contributed by atoms with Gasteiger partial charge in [-0.05, 0) is 37.1 Å². The van der Waals surface area contributed by atoms with Gasteiger partial charge in [-0.25, -0.2) is 4.98 Å². The molecule has 0 N–H and O–H groups in total. The standard InChI is InChI=1S/C10H8N4S3/c1-6-3-4-7(5-11)8(12-6)16-10-14-13-9(15-2)17-10/h3-4H,1-2H3. The molecule has 0 saturated heterocycles. The summed E-state index contributed by atoms with van der Waals surface area (Å²) in [5.41, 5.74) is 1.46. The molecule has 0 spiro atoms. The van der Waals surface area contributed by atoms with Crippen LogP contribution in [0.15, 0.2) is 25.8 Å². The van der Waals surface area contributed by atoms with Gasteiger partial charge >= 0.3 is 0 Å². The van der Waals surface area contributed by atoms with Crippen LogP contribution in [0.25, 0.3) is 0 Å². The van der Waals surface area contributed by atoms with Crippen molar-refractivity contribution in [1.82, 2.24) is 15.2 Å². The second-order valence-corrected chi connectivity index (χ2v) is 6.32. The van der Waals surface area contributed by atoms with Crippen LogP contribution in [0.4, 0.5) is 0 Å². The lowest BCUT2D eigenvalue weighted by Crippen LogP contribution is -1.89. The van der Waals surface area contributed by atoms with E-state index in [0.717, 1.165) is 14.4 Å². The van der Waals surface area contributed by atoms with Crippen molar-refractivity contribution < 1.29 is 0 Å². The number of hydrogen-bond donors (Lipinski definition) is 0. The molecule has 0 aliphatic carbocycles. The molecule has 0 bridgehead atoms. The highest BCUT2D eigenvalue weighted by Crippen LogP contribution is 2.33. The van der Waals surface area contributed by atoms with Gasteiger partial charge in [0, 0.05) is 5.69 Å². The van der Waals surface area contributed by atoms with Crippen LogP contribution in [-0.2, 0) is 0 Å². The number of aryl methyl sites for hydroxylation is 1. The van der Waals surface area contributed by atoms with Crippen LogP contribution in [0, 0.1) is 18.3 Å². The lowest BCUT2D eigenvalue weighted by Gasteiger charge is -2.00. The average molecular weight is 280 g/mol. The maximum atomic E-state index is 9.00. The molecule has 0 atom stereocenters. The molecule has 0 amide bonds. The Kier molecular flexibility index (Phi) is 3.99. The summed E-state index contributed by atoms with van der Waals surface area (Å²) in [5.74, 6) is 0. The fraction of sp³-hybridized carbons (Fsp3) is 0.200. The largest absolute Gasteiger partial charge is 0.245 e. The van der Waals surface area contributed by atoms with Crippen LogP contribution in [0.1, 0.15) is 11.3 Å².